The number of hydrogen-bond acceptors (Lipinski definition) is 3. The van der Waals surface area contributed by atoms with Crippen LogP contribution in [0.4, 0.5) is 17.6 Å². The molecule has 0 bridgehead atoms. The molecule has 0 heterocycles. The summed E-state index contributed by atoms with van der Waals surface area (Å²) in [5.41, 5.74) is -2.16. The summed E-state index contributed by atoms with van der Waals surface area (Å²) >= 11 is 4.60. The van der Waals surface area contributed by atoms with Gasteiger partial charge in [0, 0.05) is 14.2 Å². The van der Waals surface area contributed by atoms with E-state index in [9.17, 15) is 22.1 Å². The Kier molecular flexibility index (Phi) is 4.58. The highest BCUT2D eigenvalue weighted by molar-refractivity contribution is 7.58. The molecule has 3 nitrogen and oxygen atoms in total. The molecule has 84 valence electrons. The molecule has 0 spiro atoms. The van der Waals surface area contributed by atoms with E-state index in [4.69, 9.17) is 0 Å². The summed E-state index contributed by atoms with van der Waals surface area (Å²) in [6.45, 7) is 0. The van der Waals surface area contributed by atoms with Gasteiger partial charge in [-0.2, -0.15) is 17.6 Å². The summed E-state index contributed by atoms with van der Waals surface area (Å²) in [5, 5.41) is -2.15. The van der Waals surface area contributed by atoms with Crippen molar-refractivity contribution in [3.05, 3.63) is 10.6 Å². The lowest BCUT2D eigenvalue weighted by Gasteiger charge is -2.13. The third kappa shape index (κ3) is 2.95. The molecule has 0 aromatic heterocycles. The van der Waals surface area contributed by atoms with E-state index in [-0.39, 0.29) is 0 Å². The second kappa shape index (κ2) is 4.61. The van der Waals surface area contributed by atoms with Crippen LogP contribution in [0.1, 0.15) is 0 Å². The summed E-state index contributed by atoms with van der Waals surface area (Å²) in [4.78, 5) is 0. The first-order chi connectivity index (χ1) is 6.19. The van der Waals surface area contributed by atoms with Crippen molar-refractivity contribution >= 4 is 19.2 Å². The van der Waals surface area contributed by atoms with Crippen LogP contribution in [0.3, 0.4) is 0 Å². The lowest BCUT2D eigenvalue weighted by molar-refractivity contribution is -0.0859. The molecule has 0 aliphatic carbocycles. The van der Waals surface area contributed by atoms with Gasteiger partial charge in [-0.25, -0.2) is 0 Å². The van der Waals surface area contributed by atoms with E-state index in [2.05, 4.69) is 20.6 Å². The summed E-state index contributed by atoms with van der Waals surface area (Å²) in [5.74, 6) is 0. The van der Waals surface area contributed by atoms with Gasteiger partial charge < -0.3 is 9.05 Å². The van der Waals surface area contributed by atoms with Gasteiger partial charge in [0.15, 0.2) is 5.03 Å². The van der Waals surface area contributed by atoms with Crippen molar-refractivity contribution in [2.45, 2.75) is 6.18 Å². The van der Waals surface area contributed by atoms with Crippen LogP contribution >= 0.6 is 19.2 Å². The van der Waals surface area contributed by atoms with Crippen molar-refractivity contribution in [2.24, 2.45) is 0 Å². The van der Waals surface area contributed by atoms with Crippen molar-refractivity contribution in [1.82, 2.24) is 0 Å². The Balaban J connectivity index is 5.29. The van der Waals surface area contributed by atoms with Crippen molar-refractivity contribution in [3.63, 3.8) is 0 Å². The molecule has 0 aliphatic rings. The molecule has 0 amide bonds. The largest absolute Gasteiger partial charge is 0.430 e. The summed E-state index contributed by atoms with van der Waals surface area (Å²) < 4.78 is 67.4. The Bertz CT molecular complexity index is 279. The van der Waals surface area contributed by atoms with E-state index in [0.29, 0.717) is 0 Å². The molecule has 0 radical (unpaired) electrons. The zero-order chi connectivity index (χ0) is 11.6. The zero-order valence-corrected chi connectivity index (χ0v) is 8.71. The molecule has 0 fully saturated rings. The highest BCUT2D eigenvalue weighted by atomic mass is 35.5. The van der Waals surface area contributed by atoms with Gasteiger partial charge in [-0.15, -0.1) is 0 Å². The Morgan fingerprint density at radius 2 is 1.64 bits per heavy atom. The molecule has 9 heteroatoms. The van der Waals surface area contributed by atoms with Gasteiger partial charge >= 0.3 is 13.8 Å². The smallest absolute Gasteiger partial charge is 0.307 e. The number of hydrogen-bond donors (Lipinski definition) is 0. The summed E-state index contributed by atoms with van der Waals surface area (Å²) in [7, 11) is -3.08. The lowest BCUT2D eigenvalue weighted by Crippen LogP contribution is -2.09. The van der Waals surface area contributed by atoms with Crippen LogP contribution in [0, 0.1) is 0 Å². The molecule has 14 heavy (non-hydrogen) atoms. The zero-order valence-electron chi connectivity index (χ0n) is 7.06. The second-order valence-corrected chi connectivity index (χ2v) is 4.46. The van der Waals surface area contributed by atoms with Crippen LogP contribution in [0.5, 0.6) is 0 Å². The third-order valence-corrected chi connectivity index (χ3v) is 3.33. The van der Waals surface area contributed by atoms with Gasteiger partial charge in [0.05, 0.1) is 0 Å². The Hall–Kier alpha value is -0.100. The maximum Gasteiger partial charge on any atom is 0.430 e. The quantitative estimate of drug-likeness (QED) is 0.573. The molecule has 0 aromatic carbocycles. The van der Waals surface area contributed by atoms with E-state index in [1.807, 2.05) is 0 Å². The number of alkyl halides is 3. The van der Waals surface area contributed by atoms with Gasteiger partial charge in [0.1, 0.15) is 0 Å². The van der Waals surface area contributed by atoms with Crippen LogP contribution in [0.2, 0.25) is 0 Å². The normalized spacial score (nSPS) is 15.4. The molecule has 0 aromatic rings. The Morgan fingerprint density at radius 1 is 1.29 bits per heavy atom. The predicted molar refractivity (Wildman–Crippen MR) is 41.7 cm³/mol. The van der Waals surface area contributed by atoms with E-state index in [0.717, 1.165) is 14.2 Å². The Labute approximate surface area is 82.2 Å². The molecule has 0 unspecified atom stereocenters. The average Bonchev–Trinajstić information content (AvgIpc) is 2.12. The molecule has 0 saturated carbocycles. The van der Waals surface area contributed by atoms with Gasteiger partial charge in [-0.3, -0.25) is 4.57 Å². The fraction of sp³-hybridized carbons (Fsp3) is 0.600. The van der Waals surface area contributed by atoms with Crippen molar-refractivity contribution in [2.75, 3.05) is 14.2 Å². The lowest BCUT2D eigenvalue weighted by atomic mass is 10.6. The van der Waals surface area contributed by atoms with Gasteiger partial charge in [0.2, 0.25) is 5.57 Å². The van der Waals surface area contributed by atoms with Crippen LogP contribution in [-0.4, -0.2) is 20.4 Å². The first-order valence-electron chi connectivity index (χ1n) is 3.03. The highest BCUT2D eigenvalue weighted by Gasteiger charge is 2.43. The van der Waals surface area contributed by atoms with E-state index in [1.54, 1.807) is 0 Å². The van der Waals surface area contributed by atoms with E-state index >= 15 is 0 Å². The van der Waals surface area contributed by atoms with Gasteiger partial charge in [0.25, 0.3) is 0 Å². The topological polar surface area (TPSA) is 35.5 Å². The summed E-state index contributed by atoms with van der Waals surface area (Å²) in [6, 6.07) is 0. The number of allylic oxidation sites excluding steroid dienone is 1. The van der Waals surface area contributed by atoms with Crippen molar-refractivity contribution in [3.8, 4) is 0 Å². The van der Waals surface area contributed by atoms with Crippen molar-refractivity contribution in [1.29, 1.82) is 0 Å². The summed E-state index contributed by atoms with van der Waals surface area (Å²) in [6.07, 6.45) is -5.13. The van der Waals surface area contributed by atoms with Crippen LogP contribution in [-0.2, 0) is 13.6 Å². The average molecular weight is 257 g/mol. The fourth-order valence-corrected chi connectivity index (χ4v) is 1.62. The molecule has 0 aliphatic heterocycles. The minimum atomic E-state index is -5.13. The van der Waals surface area contributed by atoms with E-state index < -0.39 is 24.4 Å². The highest BCUT2D eigenvalue weighted by Crippen LogP contribution is 2.58. The molecular weight excluding hydrogens is 250 g/mol. The standard InChI is InChI=1S/C5H6ClF4O3P/c1-12-14(11,13-2)4(7)3(6)5(8,9)10/h1-2H3/b4-3-. The fourth-order valence-electron chi connectivity index (χ4n) is 0.472. The number of halogens is 5. The minimum absolute atomic E-state index is 0.740. The molecule has 0 atom stereocenters. The predicted octanol–water partition coefficient (Wildman–Crippen LogP) is 3.41. The van der Waals surface area contributed by atoms with Crippen molar-refractivity contribution < 1.29 is 31.2 Å². The first kappa shape index (κ1) is 13.9. The first-order valence-corrected chi connectivity index (χ1v) is 4.95. The van der Waals surface area contributed by atoms with Crippen LogP contribution < -0.4 is 0 Å². The minimum Gasteiger partial charge on any atom is -0.307 e. The van der Waals surface area contributed by atoms with Crippen LogP contribution in [0.25, 0.3) is 0 Å². The SMILES string of the molecule is COP(=O)(OC)/C(F)=C(\Cl)C(F)(F)F. The monoisotopic (exact) mass is 256 g/mol. The number of rotatable bonds is 3. The Morgan fingerprint density at radius 3 is 1.86 bits per heavy atom. The molecule has 0 rings (SSSR count). The second-order valence-electron chi connectivity index (χ2n) is 1.97. The van der Waals surface area contributed by atoms with Crippen LogP contribution in [0.15, 0.2) is 10.6 Å². The third-order valence-electron chi connectivity index (χ3n) is 1.15. The van der Waals surface area contributed by atoms with E-state index in [1.165, 1.54) is 0 Å². The maximum absolute atomic E-state index is 12.9. The maximum atomic E-state index is 12.9. The molecular formula is C5H6ClF4O3P. The molecule has 0 saturated heterocycles. The van der Waals surface area contributed by atoms with Gasteiger partial charge in [-0.1, -0.05) is 11.6 Å². The van der Waals surface area contributed by atoms with Gasteiger partial charge in [-0.05, 0) is 0 Å². The molecule has 0 N–H and O–H groups in total.